The molecule has 0 N–H and O–H groups in total. The number of rotatable bonds is 12. The van der Waals surface area contributed by atoms with Crippen molar-refractivity contribution in [1.82, 2.24) is 0 Å². The van der Waals surface area contributed by atoms with Gasteiger partial charge >= 0.3 is 23.9 Å². The number of alkyl halides is 3. The monoisotopic (exact) mass is 1140 g/mol. The summed E-state index contributed by atoms with van der Waals surface area (Å²) in [5, 5.41) is 14.8. The molecular weight excluding hydrogens is 1100 g/mol. The summed E-state index contributed by atoms with van der Waals surface area (Å²) in [5.74, 6) is -2.34. The molecule has 3 fully saturated rings. The summed E-state index contributed by atoms with van der Waals surface area (Å²) in [6.45, 7) is 2.66. The minimum absolute atomic E-state index is 0.0426. The minimum Gasteiger partial charge on any atom is -0.465 e. The number of carbonyl (C=O) groups excluding carboxylic acids is 4. The first kappa shape index (κ1) is 39.4. The first-order valence-corrected chi connectivity index (χ1v) is 29.4. The van der Waals surface area contributed by atoms with E-state index in [0.717, 1.165) is 28.7 Å². The lowest BCUT2D eigenvalue weighted by Crippen LogP contribution is -2.40. The third-order valence-corrected chi connectivity index (χ3v) is 23.3. The predicted octanol–water partition coefficient (Wildman–Crippen LogP) is 10.6. The second-order valence-corrected chi connectivity index (χ2v) is 25.7. The smallest absolute Gasteiger partial charge is 0.325 e. The molecule has 0 radical (unpaired) electrons. The Bertz CT molecular complexity index is 4280. The number of aryl methyl sites for hydroxylation is 1. The van der Waals surface area contributed by atoms with E-state index in [1.54, 1.807) is 0 Å². The molecule has 8 nitrogen and oxygen atoms in total. The Balaban J connectivity index is 1.07. The largest absolute Gasteiger partial charge is 0.465 e. The molecule has 72 heavy (non-hydrogen) atoms. The molecule has 6 aromatic rings. The van der Waals surface area contributed by atoms with Crippen LogP contribution in [0.3, 0.4) is 0 Å². The normalized spacial score (nSPS) is 34.4. The van der Waals surface area contributed by atoms with Crippen LogP contribution in [0.5, 0.6) is 0 Å². The van der Waals surface area contributed by atoms with Gasteiger partial charge in [0.2, 0.25) is 0 Å². The van der Waals surface area contributed by atoms with Gasteiger partial charge in [0.05, 0.1) is 12.0 Å². The number of halogens is 3. The molecule has 20 rings (SSSR count). The second kappa shape index (κ2) is 11.3. The van der Waals surface area contributed by atoms with E-state index < -0.39 is 56.4 Å². The van der Waals surface area contributed by atoms with Crippen LogP contribution in [-0.2, 0) is 55.4 Å². The van der Waals surface area contributed by atoms with Gasteiger partial charge in [-0.15, -0.1) is 0 Å². The highest BCUT2D eigenvalue weighted by Crippen LogP contribution is 2.98. The van der Waals surface area contributed by atoms with Crippen LogP contribution >= 0.6 is 47.8 Å². The van der Waals surface area contributed by atoms with Gasteiger partial charge in [-0.2, -0.15) is 0 Å². The highest BCUT2D eigenvalue weighted by atomic mass is 79.9. The van der Waals surface area contributed by atoms with Gasteiger partial charge in [0.1, 0.15) is 19.8 Å². The van der Waals surface area contributed by atoms with Crippen molar-refractivity contribution < 1.29 is 38.1 Å². The molecule has 14 aliphatic rings. The van der Waals surface area contributed by atoms with Crippen molar-refractivity contribution in [2.45, 2.75) is 61.7 Å². The van der Waals surface area contributed by atoms with E-state index >= 15 is 19.2 Å². The molecule has 352 valence electrons. The van der Waals surface area contributed by atoms with Crippen LogP contribution in [0.1, 0.15) is 100 Å². The van der Waals surface area contributed by atoms with Gasteiger partial charge in [-0.05, 0) is 175 Å². The third-order valence-electron chi connectivity index (χ3n) is 22.3. The van der Waals surface area contributed by atoms with E-state index in [1.807, 2.05) is 6.92 Å². The zero-order chi connectivity index (χ0) is 47.6. The van der Waals surface area contributed by atoms with Gasteiger partial charge in [0, 0.05) is 55.9 Å². The number of hydrogen-bond acceptors (Lipinski definition) is 8. The fraction of sp³-hybridized carbons (Fsp3) is 0.377. The lowest BCUT2D eigenvalue weighted by atomic mass is 9.56. The van der Waals surface area contributed by atoms with Crippen LogP contribution in [0.25, 0.3) is 76.7 Å². The summed E-state index contributed by atoms with van der Waals surface area (Å²) in [6, 6.07) is 4.80. The molecule has 14 aliphatic carbocycles. The van der Waals surface area contributed by atoms with Crippen molar-refractivity contribution in [2.24, 2.45) is 33.5 Å². The number of esters is 4. The Hall–Kier alpha value is -5.10. The van der Waals surface area contributed by atoms with E-state index in [0.29, 0.717) is 41.7 Å². The molecule has 3 saturated carbocycles. The maximum absolute atomic E-state index is 16.0. The molecular formula is C61H39Br3O8. The van der Waals surface area contributed by atoms with Gasteiger partial charge in [0.25, 0.3) is 0 Å². The van der Waals surface area contributed by atoms with Crippen molar-refractivity contribution in [3.05, 3.63) is 115 Å². The SMILES string of the molecule is CCCOC(=O)C1(C(=O)OCCBr)C23CCC4=CC5=CC6C=CC7=C8c9c%10c%11c%12c%13c(cc%14cc%15c%16c(c%17c(c%18c%19c(c5c(c9c%19c%11%17)C86)C4C%1812)C=%16C3C=C%15)c%14%12)CCC71C(C(=O)OCCBr)(C(=O)OCCBr)C%13%101. The van der Waals surface area contributed by atoms with Crippen molar-refractivity contribution >= 4 is 148 Å². The summed E-state index contributed by atoms with van der Waals surface area (Å²) in [4.78, 5) is 63.8. The second-order valence-electron chi connectivity index (χ2n) is 23.4. The highest BCUT2D eigenvalue weighted by Gasteiger charge is 3.03. The molecule has 9 unspecified atom stereocenters. The Labute approximate surface area is 435 Å². The maximum Gasteiger partial charge on any atom is 0.325 e. The van der Waals surface area contributed by atoms with Crippen LogP contribution in [0.15, 0.2) is 53.7 Å². The predicted molar refractivity (Wildman–Crippen MR) is 282 cm³/mol. The van der Waals surface area contributed by atoms with Crippen molar-refractivity contribution in [3.8, 4) is 0 Å². The Morgan fingerprint density at radius 2 is 1.36 bits per heavy atom. The van der Waals surface area contributed by atoms with Crippen molar-refractivity contribution in [1.29, 1.82) is 0 Å². The first-order valence-electron chi connectivity index (χ1n) is 26.1. The molecule has 0 bridgehead atoms. The van der Waals surface area contributed by atoms with Crippen molar-refractivity contribution in [3.63, 3.8) is 0 Å². The molecule has 9 atom stereocenters. The van der Waals surface area contributed by atoms with Gasteiger partial charge in [-0.25, -0.2) is 0 Å². The highest BCUT2D eigenvalue weighted by molar-refractivity contribution is 9.09. The number of ether oxygens (including phenoxy) is 4. The lowest BCUT2D eigenvalue weighted by Gasteiger charge is -2.46. The molecule has 0 saturated heterocycles. The quantitative estimate of drug-likeness (QED) is 0.0298. The third kappa shape index (κ3) is 2.97. The summed E-state index contributed by atoms with van der Waals surface area (Å²) >= 11 is 10.7. The number of hydrogen-bond donors (Lipinski definition) is 0. The summed E-state index contributed by atoms with van der Waals surface area (Å²) in [6.07, 6.45) is 17.7. The molecule has 0 aliphatic heterocycles. The van der Waals surface area contributed by atoms with Crippen molar-refractivity contribution in [2.75, 3.05) is 42.4 Å². The van der Waals surface area contributed by atoms with Gasteiger partial charge in [-0.1, -0.05) is 103 Å². The zero-order valence-corrected chi connectivity index (χ0v) is 43.6. The fourth-order valence-electron chi connectivity index (χ4n) is 21.6. The van der Waals surface area contributed by atoms with E-state index in [-0.39, 0.29) is 50.1 Å². The summed E-state index contributed by atoms with van der Waals surface area (Å²) in [5.41, 5.74) is 11.3. The van der Waals surface area contributed by atoms with E-state index in [9.17, 15) is 0 Å². The van der Waals surface area contributed by atoms with E-state index in [4.69, 9.17) is 18.9 Å². The average Bonchev–Trinajstić information content (AvgIpc) is 3.89. The molecule has 0 heterocycles. The van der Waals surface area contributed by atoms with Crippen LogP contribution in [-0.4, -0.2) is 66.3 Å². The minimum atomic E-state index is -1.67. The average molecular weight is 1140 g/mol. The van der Waals surface area contributed by atoms with Crippen LogP contribution in [0, 0.1) is 33.5 Å². The fourth-order valence-corrected chi connectivity index (χ4v) is 22.1. The van der Waals surface area contributed by atoms with Crippen LogP contribution in [0.2, 0.25) is 0 Å². The maximum atomic E-state index is 16.0. The van der Waals surface area contributed by atoms with Crippen LogP contribution in [0.4, 0.5) is 0 Å². The zero-order valence-electron chi connectivity index (χ0n) is 38.8. The molecule has 2 spiro atoms. The van der Waals surface area contributed by atoms with E-state index in [1.165, 1.54) is 120 Å². The molecule has 11 heteroatoms. The number of benzene rings is 6. The molecule has 0 amide bonds. The Morgan fingerprint density at radius 3 is 2.11 bits per heavy atom. The lowest BCUT2D eigenvalue weighted by molar-refractivity contribution is -0.169. The molecule has 0 aromatic heterocycles. The number of carbonyl (C=O) groups is 4. The Kier molecular flexibility index (Phi) is 6.17. The first-order chi connectivity index (χ1) is 35.2. The van der Waals surface area contributed by atoms with Gasteiger partial charge in [-0.3, -0.25) is 19.2 Å². The molecule has 6 aromatic carbocycles. The standard InChI is InChI=1S/C61H39Br3O8/c1-2-14-69-52(65)60(53(66)70-15-11-62)56-9-7-24-20-26-19-23-4-6-29-35-31(23)37-32(26)42-46-40-39(37)45(35)51-47-41(40)38-36-30-22(3-5-28(56)34(30)44(38)50(46)58(56,60)48(24)42)18-27-21-25-8-10-57(29)59(51,49(25)43(47)33(27)36)61(57,54(67)71-16-12-63)55(68)72-17-13-64/h3-6,18-21,23,28,31,48H,2,7-17H2,1H3. The topological polar surface area (TPSA) is 105 Å². The Morgan fingerprint density at radius 1 is 0.653 bits per heavy atom. The number of allylic oxidation sites excluding steroid dienone is 9. The summed E-state index contributed by atoms with van der Waals surface area (Å²) in [7, 11) is 0. The van der Waals surface area contributed by atoms with Gasteiger partial charge in [0.15, 0.2) is 10.8 Å². The van der Waals surface area contributed by atoms with E-state index in [2.05, 4.69) is 96.4 Å². The van der Waals surface area contributed by atoms with Gasteiger partial charge < -0.3 is 18.9 Å². The van der Waals surface area contributed by atoms with Crippen LogP contribution < -0.4 is 5.22 Å². The summed E-state index contributed by atoms with van der Waals surface area (Å²) < 4.78 is 25.7.